The van der Waals surface area contributed by atoms with E-state index in [-0.39, 0.29) is 17.0 Å². The van der Waals surface area contributed by atoms with E-state index in [1.54, 1.807) is 0 Å². The highest BCUT2D eigenvalue weighted by atomic mass is 32.2. The third-order valence-corrected chi connectivity index (χ3v) is 6.23. The standard InChI is InChI=1S/C12H25NO2S/c1-3-10-7-5-6-8-12(10)16(14,15)9-11(13)4-2/h10-12H,3-9,13H2,1-2H3. The molecule has 0 radical (unpaired) electrons. The average Bonchev–Trinajstić information content (AvgIpc) is 2.28. The molecule has 3 nitrogen and oxygen atoms in total. The first-order chi connectivity index (χ1) is 7.51. The van der Waals surface area contributed by atoms with Gasteiger partial charge in [0.1, 0.15) is 0 Å². The van der Waals surface area contributed by atoms with Crippen molar-refractivity contribution in [3.8, 4) is 0 Å². The van der Waals surface area contributed by atoms with Crippen molar-refractivity contribution in [2.75, 3.05) is 5.75 Å². The summed E-state index contributed by atoms with van der Waals surface area (Å²) in [6.07, 6.45) is 5.87. The smallest absolute Gasteiger partial charge is 0.154 e. The molecule has 0 bridgehead atoms. The molecule has 0 aromatic heterocycles. The van der Waals surface area contributed by atoms with Crippen molar-refractivity contribution in [1.29, 1.82) is 0 Å². The Labute approximate surface area is 99.7 Å². The average molecular weight is 247 g/mol. The van der Waals surface area contributed by atoms with Crippen LogP contribution >= 0.6 is 0 Å². The molecule has 0 aromatic rings. The summed E-state index contributed by atoms with van der Waals surface area (Å²) < 4.78 is 24.5. The SMILES string of the molecule is CCC(N)CS(=O)(=O)C1CCCCC1CC. The Bertz CT molecular complexity index is 300. The normalized spacial score (nSPS) is 28.9. The highest BCUT2D eigenvalue weighted by molar-refractivity contribution is 7.92. The molecule has 0 amide bonds. The van der Waals surface area contributed by atoms with Gasteiger partial charge in [-0.05, 0) is 25.2 Å². The first-order valence-corrected chi connectivity index (χ1v) is 8.20. The van der Waals surface area contributed by atoms with Crippen LogP contribution in [0.15, 0.2) is 0 Å². The van der Waals surface area contributed by atoms with Crippen LogP contribution in [0.1, 0.15) is 52.4 Å². The summed E-state index contributed by atoms with van der Waals surface area (Å²) >= 11 is 0. The minimum Gasteiger partial charge on any atom is -0.327 e. The van der Waals surface area contributed by atoms with Crippen molar-refractivity contribution in [3.05, 3.63) is 0 Å². The highest BCUT2D eigenvalue weighted by Gasteiger charge is 2.34. The lowest BCUT2D eigenvalue weighted by atomic mass is 9.87. The van der Waals surface area contributed by atoms with Crippen LogP contribution in [0.25, 0.3) is 0 Å². The lowest BCUT2D eigenvalue weighted by Gasteiger charge is -2.31. The first-order valence-electron chi connectivity index (χ1n) is 6.48. The van der Waals surface area contributed by atoms with Gasteiger partial charge in [0.2, 0.25) is 0 Å². The molecule has 4 heteroatoms. The van der Waals surface area contributed by atoms with Gasteiger partial charge in [0, 0.05) is 6.04 Å². The lowest BCUT2D eigenvalue weighted by Crippen LogP contribution is -2.39. The molecule has 0 aromatic carbocycles. The molecule has 96 valence electrons. The van der Waals surface area contributed by atoms with Crippen molar-refractivity contribution in [2.24, 2.45) is 11.7 Å². The van der Waals surface area contributed by atoms with Gasteiger partial charge in [-0.3, -0.25) is 0 Å². The highest BCUT2D eigenvalue weighted by Crippen LogP contribution is 2.32. The minimum absolute atomic E-state index is 0.121. The van der Waals surface area contributed by atoms with E-state index in [9.17, 15) is 8.42 Å². The number of nitrogens with two attached hydrogens (primary N) is 1. The second-order valence-corrected chi connectivity index (χ2v) is 7.25. The second kappa shape index (κ2) is 6.01. The zero-order chi connectivity index (χ0) is 12.2. The van der Waals surface area contributed by atoms with Crippen molar-refractivity contribution in [2.45, 2.75) is 63.7 Å². The molecular weight excluding hydrogens is 222 g/mol. The van der Waals surface area contributed by atoms with Crippen LogP contribution in [0.5, 0.6) is 0 Å². The van der Waals surface area contributed by atoms with Gasteiger partial charge in [-0.25, -0.2) is 8.42 Å². The van der Waals surface area contributed by atoms with Gasteiger partial charge in [0.15, 0.2) is 9.84 Å². The Morgan fingerprint density at radius 1 is 1.25 bits per heavy atom. The van der Waals surface area contributed by atoms with E-state index in [2.05, 4.69) is 6.92 Å². The topological polar surface area (TPSA) is 60.2 Å². The Balaban J connectivity index is 2.72. The Morgan fingerprint density at radius 2 is 1.88 bits per heavy atom. The van der Waals surface area contributed by atoms with Crippen LogP contribution in [0, 0.1) is 5.92 Å². The molecular formula is C12H25NO2S. The Morgan fingerprint density at radius 3 is 2.44 bits per heavy atom. The van der Waals surface area contributed by atoms with Crippen molar-refractivity contribution in [3.63, 3.8) is 0 Å². The van der Waals surface area contributed by atoms with E-state index >= 15 is 0 Å². The fourth-order valence-corrected chi connectivity index (χ4v) is 5.17. The number of sulfone groups is 1. The van der Waals surface area contributed by atoms with E-state index in [1.165, 1.54) is 6.42 Å². The zero-order valence-corrected chi connectivity index (χ0v) is 11.3. The number of hydrogen-bond donors (Lipinski definition) is 1. The fraction of sp³-hybridized carbons (Fsp3) is 1.00. The van der Waals surface area contributed by atoms with Crippen LogP contribution in [0.3, 0.4) is 0 Å². The maximum absolute atomic E-state index is 12.2. The summed E-state index contributed by atoms with van der Waals surface area (Å²) in [5, 5.41) is -0.121. The number of hydrogen-bond acceptors (Lipinski definition) is 3. The van der Waals surface area contributed by atoms with Crippen molar-refractivity contribution in [1.82, 2.24) is 0 Å². The monoisotopic (exact) mass is 247 g/mol. The largest absolute Gasteiger partial charge is 0.327 e. The molecule has 1 fully saturated rings. The quantitative estimate of drug-likeness (QED) is 0.809. The lowest BCUT2D eigenvalue weighted by molar-refractivity contribution is 0.347. The summed E-state index contributed by atoms with van der Waals surface area (Å²) in [5.41, 5.74) is 5.77. The van der Waals surface area contributed by atoms with Crippen LogP contribution in [-0.2, 0) is 9.84 Å². The molecule has 1 saturated carbocycles. The summed E-state index contributed by atoms with van der Waals surface area (Å²) in [5.74, 6) is 0.535. The molecule has 1 aliphatic carbocycles. The molecule has 3 unspecified atom stereocenters. The molecule has 2 N–H and O–H groups in total. The Kier molecular flexibility index (Phi) is 5.25. The van der Waals surface area contributed by atoms with E-state index in [0.29, 0.717) is 5.92 Å². The molecule has 0 heterocycles. The van der Waals surface area contributed by atoms with Gasteiger partial charge < -0.3 is 5.73 Å². The minimum atomic E-state index is -2.98. The molecule has 1 rings (SSSR count). The Hall–Kier alpha value is -0.0900. The van der Waals surface area contributed by atoms with Crippen LogP contribution in [0.4, 0.5) is 0 Å². The predicted octanol–water partition coefficient (Wildman–Crippen LogP) is 2.11. The van der Waals surface area contributed by atoms with Gasteiger partial charge in [-0.2, -0.15) is 0 Å². The van der Waals surface area contributed by atoms with Crippen LogP contribution < -0.4 is 5.73 Å². The number of rotatable bonds is 5. The van der Waals surface area contributed by atoms with Gasteiger partial charge in [0.25, 0.3) is 0 Å². The van der Waals surface area contributed by atoms with E-state index in [4.69, 9.17) is 5.73 Å². The molecule has 0 saturated heterocycles. The third kappa shape index (κ3) is 3.45. The van der Waals surface area contributed by atoms with Crippen molar-refractivity contribution < 1.29 is 8.42 Å². The molecule has 16 heavy (non-hydrogen) atoms. The van der Waals surface area contributed by atoms with E-state index in [1.807, 2.05) is 6.92 Å². The van der Waals surface area contributed by atoms with Gasteiger partial charge >= 0.3 is 0 Å². The summed E-state index contributed by atoms with van der Waals surface area (Å²) in [4.78, 5) is 0. The molecule has 0 spiro atoms. The fourth-order valence-electron chi connectivity index (χ4n) is 2.65. The zero-order valence-electron chi connectivity index (χ0n) is 10.5. The summed E-state index contributed by atoms with van der Waals surface area (Å²) in [7, 11) is -2.98. The predicted molar refractivity (Wildman–Crippen MR) is 68.1 cm³/mol. The van der Waals surface area contributed by atoms with Gasteiger partial charge in [0.05, 0.1) is 11.0 Å². The van der Waals surface area contributed by atoms with E-state index in [0.717, 1.165) is 32.1 Å². The van der Waals surface area contributed by atoms with Crippen LogP contribution in [0.2, 0.25) is 0 Å². The maximum atomic E-state index is 12.2. The van der Waals surface area contributed by atoms with Crippen molar-refractivity contribution >= 4 is 9.84 Å². The molecule has 1 aliphatic rings. The third-order valence-electron chi connectivity index (χ3n) is 3.80. The summed E-state index contributed by atoms with van der Waals surface area (Å²) in [6, 6.07) is -0.190. The molecule has 3 atom stereocenters. The maximum Gasteiger partial charge on any atom is 0.154 e. The summed E-state index contributed by atoms with van der Waals surface area (Å²) in [6.45, 7) is 4.04. The van der Waals surface area contributed by atoms with Gasteiger partial charge in [-0.1, -0.05) is 33.1 Å². The first kappa shape index (κ1) is 14.0. The van der Waals surface area contributed by atoms with E-state index < -0.39 is 9.84 Å². The van der Waals surface area contributed by atoms with Gasteiger partial charge in [-0.15, -0.1) is 0 Å². The van der Waals surface area contributed by atoms with Crippen LogP contribution in [-0.4, -0.2) is 25.5 Å². The second-order valence-electron chi connectivity index (χ2n) is 4.99. The molecule has 0 aliphatic heterocycles.